The number of hydrogen-bond acceptors (Lipinski definition) is 4. The third-order valence-electron chi connectivity index (χ3n) is 3.31. The Kier molecular flexibility index (Phi) is 10.3. The van der Waals surface area contributed by atoms with Crippen LogP contribution in [0.25, 0.3) is 0 Å². The van der Waals surface area contributed by atoms with Gasteiger partial charge in [0.05, 0.1) is 0 Å². The number of carbonyl (C=O) groups is 2. The van der Waals surface area contributed by atoms with Crippen LogP contribution in [0.2, 0.25) is 0 Å². The van der Waals surface area contributed by atoms with Gasteiger partial charge in [0.1, 0.15) is 6.04 Å². The van der Waals surface area contributed by atoms with Gasteiger partial charge in [-0.05, 0) is 38.8 Å². The summed E-state index contributed by atoms with van der Waals surface area (Å²) in [4.78, 5) is 24.8. The molecule has 0 aliphatic heterocycles. The molecule has 6 nitrogen and oxygen atoms in total. The molecule has 118 valence electrons. The molecule has 3 N–H and O–H groups in total. The molecule has 20 heavy (non-hydrogen) atoms. The SMILES string of the molecule is CCC(C)N(C)CCNC(=O)N[C@@H](CCSC)C(=O)O. The van der Waals surface area contributed by atoms with E-state index in [-0.39, 0.29) is 0 Å². The number of thioether (sulfide) groups is 1. The van der Waals surface area contributed by atoms with Gasteiger partial charge < -0.3 is 20.6 Å². The van der Waals surface area contributed by atoms with Crippen molar-refractivity contribution >= 4 is 23.8 Å². The van der Waals surface area contributed by atoms with Crippen LogP contribution in [-0.4, -0.2) is 66.2 Å². The molecule has 0 aromatic rings. The summed E-state index contributed by atoms with van der Waals surface area (Å²) in [5, 5.41) is 14.2. The van der Waals surface area contributed by atoms with E-state index in [1.165, 1.54) is 0 Å². The zero-order valence-corrected chi connectivity index (χ0v) is 13.6. The minimum atomic E-state index is -0.995. The van der Waals surface area contributed by atoms with Gasteiger partial charge in [-0.15, -0.1) is 0 Å². The fraction of sp³-hybridized carbons (Fsp3) is 0.846. The summed E-state index contributed by atoms with van der Waals surface area (Å²) in [5.41, 5.74) is 0. The largest absolute Gasteiger partial charge is 0.480 e. The predicted molar refractivity (Wildman–Crippen MR) is 83.3 cm³/mol. The zero-order chi connectivity index (χ0) is 15.5. The summed E-state index contributed by atoms with van der Waals surface area (Å²) in [7, 11) is 2.01. The Morgan fingerprint density at radius 3 is 2.55 bits per heavy atom. The molecule has 0 bridgehead atoms. The first-order chi connectivity index (χ1) is 9.42. The van der Waals surface area contributed by atoms with Gasteiger partial charge in [0, 0.05) is 19.1 Å². The quantitative estimate of drug-likeness (QED) is 0.565. The molecule has 0 saturated heterocycles. The van der Waals surface area contributed by atoms with E-state index in [0.717, 1.165) is 13.0 Å². The van der Waals surface area contributed by atoms with Gasteiger partial charge in [0.25, 0.3) is 0 Å². The first kappa shape index (κ1) is 19.1. The minimum absolute atomic E-state index is 0.420. The first-order valence-corrected chi connectivity index (χ1v) is 8.28. The van der Waals surface area contributed by atoms with Crippen molar-refractivity contribution in [3.8, 4) is 0 Å². The molecule has 0 radical (unpaired) electrons. The van der Waals surface area contributed by atoms with Gasteiger partial charge in [-0.1, -0.05) is 6.92 Å². The van der Waals surface area contributed by atoms with Crippen molar-refractivity contribution in [1.29, 1.82) is 0 Å². The summed E-state index contributed by atoms with van der Waals surface area (Å²) in [5.74, 6) is -0.292. The van der Waals surface area contributed by atoms with Crippen LogP contribution < -0.4 is 10.6 Å². The van der Waals surface area contributed by atoms with E-state index in [0.29, 0.717) is 24.8 Å². The molecule has 0 aliphatic rings. The summed E-state index contributed by atoms with van der Waals surface area (Å²) < 4.78 is 0. The van der Waals surface area contributed by atoms with Crippen LogP contribution >= 0.6 is 11.8 Å². The Morgan fingerprint density at radius 2 is 2.05 bits per heavy atom. The van der Waals surface area contributed by atoms with Crippen LogP contribution in [0.1, 0.15) is 26.7 Å². The van der Waals surface area contributed by atoms with Crippen molar-refractivity contribution < 1.29 is 14.7 Å². The van der Waals surface area contributed by atoms with Crippen molar-refractivity contribution in [2.75, 3.05) is 32.1 Å². The van der Waals surface area contributed by atoms with Crippen LogP contribution in [-0.2, 0) is 4.79 Å². The van der Waals surface area contributed by atoms with Crippen molar-refractivity contribution in [2.24, 2.45) is 0 Å². The second kappa shape index (κ2) is 10.8. The lowest BCUT2D eigenvalue weighted by atomic mass is 10.2. The van der Waals surface area contributed by atoms with Crippen LogP contribution in [0, 0.1) is 0 Å². The third-order valence-corrected chi connectivity index (χ3v) is 3.95. The Labute approximate surface area is 125 Å². The third kappa shape index (κ3) is 8.27. The van der Waals surface area contributed by atoms with Gasteiger partial charge in [-0.25, -0.2) is 9.59 Å². The molecule has 0 spiro atoms. The van der Waals surface area contributed by atoms with E-state index >= 15 is 0 Å². The summed E-state index contributed by atoms with van der Waals surface area (Å²) in [6, 6.07) is -0.779. The molecule has 0 saturated carbocycles. The van der Waals surface area contributed by atoms with Gasteiger partial charge in [0.2, 0.25) is 0 Å². The molecule has 7 heteroatoms. The van der Waals surface area contributed by atoms with E-state index in [9.17, 15) is 9.59 Å². The maximum atomic E-state index is 11.6. The standard InChI is InChI=1S/C13H27N3O3S/c1-5-10(2)16(3)8-7-14-13(19)15-11(12(17)18)6-9-20-4/h10-11H,5-9H2,1-4H3,(H,17,18)(H2,14,15,19)/t10?,11-/m0/s1. The molecule has 2 amide bonds. The van der Waals surface area contributed by atoms with E-state index in [1.54, 1.807) is 11.8 Å². The molecule has 0 heterocycles. The number of rotatable bonds is 10. The van der Waals surface area contributed by atoms with E-state index in [4.69, 9.17) is 5.11 Å². The number of urea groups is 1. The summed E-state index contributed by atoms with van der Waals surface area (Å²) in [6.07, 6.45) is 3.39. The van der Waals surface area contributed by atoms with Crippen LogP contribution in [0.5, 0.6) is 0 Å². The second-order valence-electron chi connectivity index (χ2n) is 4.81. The summed E-state index contributed by atoms with van der Waals surface area (Å²) >= 11 is 1.56. The van der Waals surface area contributed by atoms with Gasteiger partial charge in [-0.3, -0.25) is 0 Å². The molecular formula is C13H27N3O3S. The lowest BCUT2D eigenvalue weighted by molar-refractivity contribution is -0.139. The maximum absolute atomic E-state index is 11.6. The zero-order valence-electron chi connectivity index (χ0n) is 12.8. The maximum Gasteiger partial charge on any atom is 0.326 e. The van der Waals surface area contributed by atoms with E-state index in [2.05, 4.69) is 29.4 Å². The first-order valence-electron chi connectivity index (χ1n) is 6.88. The van der Waals surface area contributed by atoms with Crippen molar-refractivity contribution in [3.05, 3.63) is 0 Å². The molecule has 1 unspecified atom stereocenters. The molecule has 2 atom stereocenters. The number of hydrogen-bond donors (Lipinski definition) is 3. The smallest absolute Gasteiger partial charge is 0.326 e. The van der Waals surface area contributed by atoms with E-state index in [1.807, 2.05) is 13.3 Å². The minimum Gasteiger partial charge on any atom is -0.480 e. The number of carboxylic acid groups (broad SMARTS) is 1. The van der Waals surface area contributed by atoms with Crippen LogP contribution in [0.15, 0.2) is 0 Å². The highest BCUT2D eigenvalue weighted by Gasteiger charge is 2.19. The van der Waals surface area contributed by atoms with Gasteiger partial charge in [0.15, 0.2) is 0 Å². The molecule has 0 aliphatic carbocycles. The molecule has 0 fully saturated rings. The Bertz CT molecular complexity index is 303. The average Bonchev–Trinajstić information content (AvgIpc) is 2.41. The number of likely N-dealkylation sites (N-methyl/N-ethyl adjacent to an activating group) is 1. The fourth-order valence-electron chi connectivity index (χ4n) is 1.58. The number of carboxylic acids is 1. The van der Waals surface area contributed by atoms with Crippen molar-refractivity contribution in [1.82, 2.24) is 15.5 Å². The molecular weight excluding hydrogens is 278 g/mol. The average molecular weight is 305 g/mol. The highest BCUT2D eigenvalue weighted by Crippen LogP contribution is 2.01. The van der Waals surface area contributed by atoms with Crippen molar-refractivity contribution in [2.45, 2.75) is 38.8 Å². The molecule has 0 rings (SSSR count). The topological polar surface area (TPSA) is 81.7 Å². The number of nitrogens with one attached hydrogen (secondary N) is 2. The Hall–Kier alpha value is -0.950. The lowest BCUT2D eigenvalue weighted by Crippen LogP contribution is -2.48. The monoisotopic (exact) mass is 305 g/mol. The van der Waals surface area contributed by atoms with Crippen LogP contribution in [0.4, 0.5) is 4.79 Å². The number of carbonyl (C=O) groups excluding carboxylic acids is 1. The number of nitrogens with zero attached hydrogens (tertiary/aromatic N) is 1. The van der Waals surface area contributed by atoms with Crippen LogP contribution in [0.3, 0.4) is 0 Å². The fourth-order valence-corrected chi connectivity index (χ4v) is 2.05. The molecule has 0 aromatic carbocycles. The van der Waals surface area contributed by atoms with Crippen molar-refractivity contribution in [3.63, 3.8) is 0 Å². The molecule has 0 aromatic heterocycles. The van der Waals surface area contributed by atoms with Gasteiger partial charge in [-0.2, -0.15) is 11.8 Å². The number of amides is 2. The highest BCUT2D eigenvalue weighted by atomic mass is 32.2. The predicted octanol–water partition coefficient (Wildman–Crippen LogP) is 1.22. The Morgan fingerprint density at radius 1 is 1.40 bits per heavy atom. The van der Waals surface area contributed by atoms with E-state index < -0.39 is 18.0 Å². The summed E-state index contributed by atoms with van der Waals surface area (Å²) in [6.45, 7) is 5.49. The lowest BCUT2D eigenvalue weighted by Gasteiger charge is -2.23. The normalized spacial score (nSPS) is 13.8. The number of aliphatic carboxylic acids is 1. The van der Waals surface area contributed by atoms with Gasteiger partial charge >= 0.3 is 12.0 Å². The Balaban J connectivity index is 3.99. The highest BCUT2D eigenvalue weighted by molar-refractivity contribution is 7.98. The second-order valence-corrected chi connectivity index (χ2v) is 5.80.